The second-order valence-corrected chi connectivity index (χ2v) is 8.14. The van der Waals surface area contributed by atoms with Crippen molar-refractivity contribution in [3.63, 3.8) is 0 Å². The minimum absolute atomic E-state index is 0.0879. The molecule has 3 rings (SSSR count). The first-order chi connectivity index (χ1) is 13.6. The summed E-state index contributed by atoms with van der Waals surface area (Å²) in [6.45, 7) is 1.32. The number of nitrogens with zero attached hydrogens (tertiary/aromatic N) is 1. The molecule has 6 nitrogen and oxygen atoms in total. The first-order valence-electron chi connectivity index (χ1n) is 10.2. The van der Waals surface area contributed by atoms with E-state index in [9.17, 15) is 27.6 Å². The minimum atomic E-state index is -5.19. The maximum atomic E-state index is 14.5. The van der Waals surface area contributed by atoms with Crippen LogP contribution in [0.15, 0.2) is 11.3 Å². The van der Waals surface area contributed by atoms with Gasteiger partial charge in [-0.1, -0.05) is 32.1 Å². The summed E-state index contributed by atoms with van der Waals surface area (Å²) in [6.07, 6.45) is 0.875. The number of nitrogens with one attached hydrogen (secondary N) is 1. The summed E-state index contributed by atoms with van der Waals surface area (Å²) in [7, 11) is 0.968. The van der Waals surface area contributed by atoms with Gasteiger partial charge in [0.05, 0.1) is 7.11 Å². The number of rotatable bonds is 4. The van der Waals surface area contributed by atoms with E-state index in [1.165, 1.54) is 6.92 Å². The summed E-state index contributed by atoms with van der Waals surface area (Å²) in [5.41, 5.74) is -4.31. The van der Waals surface area contributed by atoms with Crippen molar-refractivity contribution in [2.24, 2.45) is 5.92 Å². The highest BCUT2D eigenvalue weighted by atomic mass is 19.4. The number of halogens is 3. The smallest absolute Gasteiger partial charge is 0.425 e. The molecule has 0 spiro atoms. The van der Waals surface area contributed by atoms with E-state index < -0.39 is 47.0 Å². The van der Waals surface area contributed by atoms with Crippen molar-refractivity contribution in [3.05, 3.63) is 11.3 Å². The van der Waals surface area contributed by atoms with Crippen molar-refractivity contribution in [3.8, 4) is 0 Å². The van der Waals surface area contributed by atoms with Gasteiger partial charge >= 0.3 is 12.1 Å². The normalized spacial score (nSPS) is 26.9. The standard InChI is InChI=1S/C20H27F3N2O4/c1-12-15(17(27)29-2)19(20(21,22)23,18(28)25(12)14-10-6-7-11-14)24-16(26)13-8-4-3-5-9-13/h13-14H,3-11H2,1-2H3,(H,24,26). The third-order valence-electron chi connectivity index (χ3n) is 6.43. The maximum Gasteiger partial charge on any atom is 0.425 e. The van der Waals surface area contributed by atoms with E-state index in [-0.39, 0.29) is 5.70 Å². The van der Waals surface area contributed by atoms with Crippen LogP contribution in [0.5, 0.6) is 0 Å². The Bertz CT molecular complexity index is 722. The Kier molecular flexibility index (Phi) is 5.96. The van der Waals surface area contributed by atoms with Crippen LogP contribution >= 0.6 is 0 Å². The molecule has 29 heavy (non-hydrogen) atoms. The molecular formula is C20H27F3N2O4. The van der Waals surface area contributed by atoms with Crippen LogP contribution < -0.4 is 5.32 Å². The Morgan fingerprint density at radius 3 is 2.14 bits per heavy atom. The lowest BCUT2D eigenvalue weighted by Crippen LogP contribution is -2.67. The number of hydrogen-bond donors (Lipinski definition) is 1. The predicted octanol–water partition coefficient (Wildman–Crippen LogP) is 3.22. The molecule has 0 saturated heterocycles. The van der Waals surface area contributed by atoms with Crippen LogP contribution in [-0.4, -0.2) is 47.6 Å². The fraction of sp³-hybridized carbons (Fsp3) is 0.750. The number of esters is 1. The monoisotopic (exact) mass is 416 g/mol. The van der Waals surface area contributed by atoms with Gasteiger partial charge in [0, 0.05) is 17.7 Å². The first kappa shape index (κ1) is 21.6. The molecule has 3 aliphatic rings. The molecule has 9 heteroatoms. The Morgan fingerprint density at radius 2 is 1.62 bits per heavy atom. The molecule has 1 N–H and O–H groups in total. The minimum Gasteiger partial charge on any atom is -0.466 e. The highest BCUT2D eigenvalue weighted by Gasteiger charge is 2.71. The number of carbonyl (C=O) groups is 3. The second-order valence-electron chi connectivity index (χ2n) is 8.14. The van der Waals surface area contributed by atoms with E-state index in [0.29, 0.717) is 25.7 Å². The van der Waals surface area contributed by atoms with Crippen LogP contribution in [0.4, 0.5) is 13.2 Å². The molecule has 0 aromatic carbocycles. The fourth-order valence-corrected chi connectivity index (χ4v) is 4.94. The molecule has 0 aromatic heterocycles. The SMILES string of the molecule is COC(=O)C1=C(C)N(C2CCCC2)C(=O)C1(NC(=O)C1CCCCC1)C(F)(F)F. The summed E-state index contributed by atoms with van der Waals surface area (Å²) >= 11 is 0. The van der Waals surface area contributed by atoms with Crippen LogP contribution in [0.2, 0.25) is 0 Å². The summed E-state index contributed by atoms with van der Waals surface area (Å²) < 4.78 is 48.0. The van der Waals surface area contributed by atoms with Crippen molar-refractivity contribution < 1.29 is 32.3 Å². The van der Waals surface area contributed by atoms with Gasteiger partial charge in [-0.05, 0) is 32.6 Å². The van der Waals surface area contributed by atoms with Crippen LogP contribution in [0.1, 0.15) is 64.7 Å². The molecule has 1 heterocycles. The fourth-order valence-electron chi connectivity index (χ4n) is 4.94. The molecule has 2 fully saturated rings. The molecular weight excluding hydrogens is 389 g/mol. The quantitative estimate of drug-likeness (QED) is 0.714. The van der Waals surface area contributed by atoms with Crippen molar-refractivity contribution >= 4 is 17.8 Å². The molecule has 0 radical (unpaired) electrons. The zero-order valence-electron chi connectivity index (χ0n) is 16.7. The molecule has 1 aliphatic heterocycles. The maximum absolute atomic E-state index is 14.5. The number of ether oxygens (including phenoxy) is 1. The molecule has 1 unspecified atom stereocenters. The van der Waals surface area contributed by atoms with E-state index >= 15 is 0 Å². The summed E-state index contributed by atoms with van der Waals surface area (Å²) in [4.78, 5) is 39.6. The van der Waals surface area contributed by atoms with Gasteiger partial charge in [0.15, 0.2) is 0 Å². The molecule has 162 valence electrons. The number of hydrogen-bond acceptors (Lipinski definition) is 4. The molecule has 2 aliphatic carbocycles. The Morgan fingerprint density at radius 1 is 1.07 bits per heavy atom. The molecule has 2 amide bonds. The van der Waals surface area contributed by atoms with Gasteiger partial charge in [0.25, 0.3) is 5.91 Å². The van der Waals surface area contributed by atoms with E-state index in [2.05, 4.69) is 4.74 Å². The topological polar surface area (TPSA) is 75.7 Å². The van der Waals surface area contributed by atoms with Gasteiger partial charge in [0.2, 0.25) is 11.4 Å². The third kappa shape index (κ3) is 3.53. The highest BCUT2D eigenvalue weighted by Crippen LogP contribution is 2.47. The van der Waals surface area contributed by atoms with Crippen molar-refractivity contribution in [1.82, 2.24) is 10.2 Å². The van der Waals surface area contributed by atoms with E-state index in [4.69, 9.17) is 0 Å². The van der Waals surface area contributed by atoms with E-state index in [0.717, 1.165) is 44.1 Å². The number of carbonyl (C=O) groups excluding carboxylic acids is 3. The summed E-state index contributed by atoms with van der Waals surface area (Å²) in [6, 6.07) is -0.419. The summed E-state index contributed by atoms with van der Waals surface area (Å²) in [5.74, 6) is -4.00. The molecule has 0 bridgehead atoms. The Hall–Kier alpha value is -2.06. The molecule has 2 saturated carbocycles. The number of alkyl halides is 3. The third-order valence-corrected chi connectivity index (χ3v) is 6.43. The average molecular weight is 416 g/mol. The van der Waals surface area contributed by atoms with Gasteiger partial charge in [-0.2, -0.15) is 13.2 Å². The zero-order valence-corrected chi connectivity index (χ0v) is 16.7. The van der Waals surface area contributed by atoms with Crippen molar-refractivity contribution in [2.45, 2.75) is 82.5 Å². The van der Waals surface area contributed by atoms with Gasteiger partial charge < -0.3 is 15.0 Å². The molecule has 0 aromatic rings. The Labute approximate surface area is 167 Å². The van der Waals surface area contributed by atoms with Crippen molar-refractivity contribution in [1.29, 1.82) is 0 Å². The molecule has 1 atom stereocenters. The first-order valence-corrected chi connectivity index (χ1v) is 10.2. The van der Waals surface area contributed by atoms with Gasteiger partial charge in [-0.15, -0.1) is 0 Å². The van der Waals surface area contributed by atoms with E-state index in [1.54, 1.807) is 0 Å². The van der Waals surface area contributed by atoms with Gasteiger partial charge in [0.1, 0.15) is 5.57 Å². The Balaban J connectivity index is 2.07. The van der Waals surface area contributed by atoms with Crippen LogP contribution in [0.3, 0.4) is 0 Å². The van der Waals surface area contributed by atoms with Crippen LogP contribution in [0.25, 0.3) is 0 Å². The lowest BCUT2D eigenvalue weighted by Gasteiger charge is -2.35. The van der Waals surface area contributed by atoms with Gasteiger partial charge in [-0.3, -0.25) is 9.59 Å². The average Bonchev–Trinajstić information content (AvgIpc) is 3.27. The number of methoxy groups -OCH3 is 1. The lowest BCUT2D eigenvalue weighted by atomic mass is 9.85. The zero-order chi connectivity index (χ0) is 21.4. The van der Waals surface area contributed by atoms with Crippen molar-refractivity contribution in [2.75, 3.05) is 7.11 Å². The van der Waals surface area contributed by atoms with Crippen LogP contribution in [0, 0.1) is 5.92 Å². The number of allylic oxidation sites excluding steroid dienone is 1. The van der Waals surface area contributed by atoms with Crippen LogP contribution in [-0.2, 0) is 19.1 Å². The second kappa shape index (κ2) is 7.99. The predicted molar refractivity (Wildman–Crippen MR) is 97.3 cm³/mol. The summed E-state index contributed by atoms with van der Waals surface area (Å²) in [5, 5.41) is 1.99. The number of amides is 2. The largest absolute Gasteiger partial charge is 0.466 e. The van der Waals surface area contributed by atoms with E-state index in [1.807, 2.05) is 5.32 Å². The lowest BCUT2D eigenvalue weighted by molar-refractivity contribution is -0.197. The van der Waals surface area contributed by atoms with Gasteiger partial charge in [-0.25, -0.2) is 4.79 Å². The highest BCUT2D eigenvalue weighted by molar-refractivity contribution is 6.10.